The zero-order valence-corrected chi connectivity index (χ0v) is 9.83. The molecule has 82 valence electrons. The molecule has 1 N–H and O–H groups in total. The van der Waals surface area contributed by atoms with E-state index in [4.69, 9.17) is 0 Å². The first kappa shape index (κ1) is 11.8. The van der Waals surface area contributed by atoms with Crippen LogP contribution >= 0.6 is 0 Å². The third kappa shape index (κ3) is 3.08. The van der Waals surface area contributed by atoms with Gasteiger partial charge < -0.3 is 5.32 Å². The summed E-state index contributed by atoms with van der Waals surface area (Å²) < 4.78 is 0. The molecule has 0 amide bonds. The molecule has 0 fully saturated rings. The van der Waals surface area contributed by atoms with Gasteiger partial charge in [0.2, 0.25) is 0 Å². The molecule has 0 aromatic rings. The third-order valence-corrected chi connectivity index (χ3v) is 2.45. The molecule has 0 saturated heterocycles. The maximum Gasteiger partial charge on any atom is 0.0869 e. The fraction of sp³-hybridized carbons (Fsp3) is 0.462. The van der Waals surface area contributed by atoms with Crippen molar-refractivity contribution < 1.29 is 0 Å². The molecule has 0 spiro atoms. The first-order chi connectivity index (χ1) is 7.38. The van der Waals surface area contributed by atoms with Crippen LogP contribution in [0.5, 0.6) is 0 Å². The summed E-state index contributed by atoms with van der Waals surface area (Å²) in [7, 11) is 0. The van der Waals surface area contributed by atoms with Crippen LogP contribution in [0.3, 0.4) is 0 Å². The second kappa shape index (κ2) is 6.23. The molecule has 2 rings (SSSR count). The Labute approximate surface area is 92.5 Å². The van der Waals surface area contributed by atoms with Gasteiger partial charge in [0.15, 0.2) is 0 Å². The molecule has 0 radical (unpaired) electrons. The molecule has 1 atom stereocenters. The van der Waals surface area contributed by atoms with Crippen molar-refractivity contribution >= 4 is 6.34 Å². The summed E-state index contributed by atoms with van der Waals surface area (Å²) in [6.07, 6.45) is 11.6. The molecule has 0 unspecified atom stereocenters. The van der Waals surface area contributed by atoms with Crippen molar-refractivity contribution in [3.8, 4) is 0 Å². The maximum atomic E-state index is 4.17. The molecule has 2 heteroatoms. The minimum atomic E-state index is 0.525. The molecule has 2 aliphatic rings. The molecule has 2 nitrogen and oxygen atoms in total. The number of nitrogens with zero attached hydrogens (tertiary/aromatic N) is 1. The minimum Gasteiger partial charge on any atom is -0.350 e. The molecule has 15 heavy (non-hydrogen) atoms. The van der Waals surface area contributed by atoms with Crippen molar-refractivity contribution in [2.45, 2.75) is 27.2 Å². The van der Waals surface area contributed by atoms with Gasteiger partial charge in [0.1, 0.15) is 0 Å². The minimum absolute atomic E-state index is 0.525. The second-order valence-electron chi connectivity index (χ2n) is 3.46. The van der Waals surface area contributed by atoms with Crippen molar-refractivity contribution in [3.05, 3.63) is 35.6 Å². The van der Waals surface area contributed by atoms with Crippen molar-refractivity contribution in [1.82, 2.24) is 5.32 Å². The smallest absolute Gasteiger partial charge is 0.0869 e. The summed E-state index contributed by atoms with van der Waals surface area (Å²) in [5, 5.41) is 3.24. The molecule has 1 aliphatic heterocycles. The monoisotopic (exact) mass is 204 g/mol. The van der Waals surface area contributed by atoms with Gasteiger partial charge in [-0.1, -0.05) is 38.2 Å². The van der Waals surface area contributed by atoms with Crippen LogP contribution < -0.4 is 5.32 Å². The average molecular weight is 204 g/mol. The number of nitrogens with one attached hydrogen (secondary N) is 1. The lowest BCUT2D eigenvalue weighted by atomic mass is 9.94. The second-order valence-corrected chi connectivity index (χ2v) is 3.46. The lowest BCUT2D eigenvalue weighted by molar-refractivity contribution is 0.705. The first-order valence-corrected chi connectivity index (χ1v) is 5.66. The van der Waals surface area contributed by atoms with Gasteiger partial charge in [0.05, 0.1) is 12.9 Å². The molecule has 0 bridgehead atoms. The van der Waals surface area contributed by atoms with Gasteiger partial charge in [0.25, 0.3) is 0 Å². The molecular formula is C13H20N2. The lowest BCUT2D eigenvalue weighted by Gasteiger charge is -2.22. The predicted molar refractivity (Wildman–Crippen MR) is 66.9 cm³/mol. The highest BCUT2D eigenvalue weighted by Gasteiger charge is 2.14. The Kier molecular flexibility index (Phi) is 4.88. The van der Waals surface area contributed by atoms with Gasteiger partial charge in [-0.3, -0.25) is 4.99 Å². The number of hydrogen-bond acceptors (Lipinski definition) is 2. The normalized spacial score (nSPS) is 23.3. The fourth-order valence-electron chi connectivity index (χ4n) is 1.72. The zero-order chi connectivity index (χ0) is 11.1. The number of rotatable bonds is 1. The summed E-state index contributed by atoms with van der Waals surface area (Å²) in [6.45, 7) is 6.99. The highest BCUT2D eigenvalue weighted by molar-refractivity contribution is 5.60. The van der Waals surface area contributed by atoms with Gasteiger partial charge in [0, 0.05) is 11.6 Å². The maximum absolute atomic E-state index is 4.17. The predicted octanol–water partition coefficient (Wildman–Crippen LogP) is 3.05. The van der Waals surface area contributed by atoms with Crippen LogP contribution in [0.4, 0.5) is 0 Å². The van der Waals surface area contributed by atoms with E-state index in [2.05, 4.69) is 41.5 Å². The standard InChI is InChI=1S/C11H14N2.C2H6/c1-9-7-12-8-13-11(9)10-5-3-2-4-6-10;1-2/h2-5,8,10H,6-7H2,1H3,(H,12,13);1-2H3/t10-;/m0./s1. The van der Waals surface area contributed by atoms with Gasteiger partial charge in [-0.2, -0.15) is 0 Å². The van der Waals surface area contributed by atoms with E-state index >= 15 is 0 Å². The summed E-state index contributed by atoms with van der Waals surface area (Å²) in [6, 6.07) is 0. The van der Waals surface area contributed by atoms with E-state index in [1.54, 1.807) is 6.34 Å². The number of allylic oxidation sites excluding steroid dienone is 4. The van der Waals surface area contributed by atoms with Crippen LogP contribution in [0.25, 0.3) is 0 Å². The summed E-state index contributed by atoms with van der Waals surface area (Å²) >= 11 is 0. The Balaban J connectivity index is 0.000000531. The van der Waals surface area contributed by atoms with Crippen LogP contribution in [-0.4, -0.2) is 12.9 Å². The van der Waals surface area contributed by atoms with Crippen LogP contribution in [0.15, 0.2) is 40.6 Å². The van der Waals surface area contributed by atoms with E-state index in [0.29, 0.717) is 5.92 Å². The third-order valence-electron chi connectivity index (χ3n) is 2.45. The molecular weight excluding hydrogens is 184 g/mol. The SMILES string of the molecule is CC.CC1=C([C@H]2C=CC=CC2)NC=NC1. The summed E-state index contributed by atoms with van der Waals surface area (Å²) in [5.41, 5.74) is 2.68. The van der Waals surface area contributed by atoms with Crippen molar-refractivity contribution in [1.29, 1.82) is 0 Å². The Morgan fingerprint density at radius 2 is 2.13 bits per heavy atom. The molecule has 1 aliphatic carbocycles. The van der Waals surface area contributed by atoms with Crippen LogP contribution in [-0.2, 0) is 0 Å². The molecule has 0 saturated carbocycles. The van der Waals surface area contributed by atoms with Crippen LogP contribution in [0.1, 0.15) is 27.2 Å². The van der Waals surface area contributed by atoms with Gasteiger partial charge in [-0.25, -0.2) is 0 Å². The summed E-state index contributed by atoms with van der Waals surface area (Å²) in [4.78, 5) is 4.17. The quantitative estimate of drug-likeness (QED) is 0.697. The Hall–Kier alpha value is -1.31. The van der Waals surface area contributed by atoms with Crippen molar-refractivity contribution in [3.63, 3.8) is 0 Å². The van der Waals surface area contributed by atoms with Crippen LogP contribution in [0, 0.1) is 5.92 Å². The number of hydrogen-bond donors (Lipinski definition) is 1. The lowest BCUT2D eigenvalue weighted by Crippen LogP contribution is -2.24. The van der Waals surface area contributed by atoms with E-state index in [1.165, 1.54) is 11.3 Å². The topological polar surface area (TPSA) is 24.4 Å². The Morgan fingerprint density at radius 3 is 2.73 bits per heavy atom. The average Bonchev–Trinajstić information content (AvgIpc) is 2.33. The Bertz CT molecular complexity index is 308. The molecule has 0 aromatic carbocycles. The van der Waals surface area contributed by atoms with E-state index in [9.17, 15) is 0 Å². The highest BCUT2D eigenvalue weighted by atomic mass is 15.0. The summed E-state index contributed by atoms with van der Waals surface area (Å²) in [5.74, 6) is 0.525. The van der Waals surface area contributed by atoms with Crippen LogP contribution in [0.2, 0.25) is 0 Å². The van der Waals surface area contributed by atoms with Gasteiger partial charge >= 0.3 is 0 Å². The van der Waals surface area contributed by atoms with E-state index < -0.39 is 0 Å². The van der Waals surface area contributed by atoms with E-state index in [-0.39, 0.29) is 0 Å². The van der Waals surface area contributed by atoms with Crippen molar-refractivity contribution in [2.24, 2.45) is 10.9 Å². The fourth-order valence-corrected chi connectivity index (χ4v) is 1.72. The van der Waals surface area contributed by atoms with E-state index in [1.807, 2.05) is 13.8 Å². The highest BCUT2D eigenvalue weighted by Crippen LogP contribution is 2.22. The van der Waals surface area contributed by atoms with Gasteiger partial charge in [-0.05, 0) is 18.9 Å². The first-order valence-electron chi connectivity index (χ1n) is 5.66. The zero-order valence-electron chi connectivity index (χ0n) is 9.83. The molecule has 1 heterocycles. The molecule has 0 aromatic heterocycles. The Morgan fingerprint density at radius 1 is 1.33 bits per heavy atom. The largest absolute Gasteiger partial charge is 0.350 e. The van der Waals surface area contributed by atoms with Crippen molar-refractivity contribution in [2.75, 3.05) is 6.54 Å². The van der Waals surface area contributed by atoms with Gasteiger partial charge in [-0.15, -0.1) is 0 Å². The van der Waals surface area contributed by atoms with E-state index in [0.717, 1.165) is 13.0 Å². The number of aliphatic imine (C=N–C) groups is 1.